The molecular weight excluding hydrogens is 265 g/mol. The molecule has 6 heteroatoms. The van der Waals surface area contributed by atoms with Crippen LogP contribution in [0.4, 0.5) is 0 Å². The third-order valence-electron chi connectivity index (χ3n) is 1.72. The molecule has 0 unspecified atom stereocenters. The molecule has 0 heterocycles. The largest absolute Gasteiger partial charge is 0.478 e. The second-order valence-electron chi connectivity index (χ2n) is 2.92. The number of hydrogen-bond donors (Lipinski definition) is 1. The lowest BCUT2D eigenvalue weighted by molar-refractivity contribution is -0.131. The van der Waals surface area contributed by atoms with Crippen molar-refractivity contribution in [1.29, 1.82) is 5.26 Å². The first kappa shape index (κ1) is 13.4. The van der Waals surface area contributed by atoms with Crippen molar-refractivity contribution in [2.24, 2.45) is 0 Å². The van der Waals surface area contributed by atoms with Crippen molar-refractivity contribution >= 4 is 35.2 Å². The van der Waals surface area contributed by atoms with Crippen LogP contribution in [0.25, 0.3) is 6.08 Å². The zero-order chi connectivity index (χ0) is 12.8. The number of ether oxygens (including phenoxy) is 1. The van der Waals surface area contributed by atoms with Gasteiger partial charge in [-0.05, 0) is 18.2 Å². The number of halogens is 2. The van der Waals surface area contributed by atoms with Crippen molar-refractivity contribution in [3.8, 4) is 11.8 Å². The van der Waals surface area contributed by atoms with Crippen LogP contribution >= 0.6 is 23.2 Å². The maximum Gasteiger partial charge on any atom is 0.328 e. The summed E-state index contributed by atoms with van der Waals surface area (Å²) >= 11 is 11.7. The van der Waals surface area contributed by atoms with Crippen LogP contribution in [0.3, 0.4) is 0 Å². The summed E-state index contributed by atoms with van der Waals surface area (Å²) in [6.45, 7) is -0.185. The molecule has 1 rings (SSSR count). The average Bonchev–Trinajstić information content (AvgIpc) is 2.24. The summed E-state index contributed by atoms with van der Waals surface area (Å²) in [5, 5.41) is 17.5. The standard InChI is InChI=1S/C11H7Cl2NO3/c12-8-5-7(1-2-10(15)16)11(9(13)6-8)17-4-3-14/h1-2,5-6H,4H2,(H,15,16)/b2-1+. The summed E-state index contributed by atoms with van der Waals surface area (Å²) in [6.07, 6.45) is 2.23. The van der Waals surface area contributed by atoms with Crippen molar-refractivity contribution < 1.29 is 14.6 Å². The average molecular weight is 272 g/mol. The van der Waals surface area contributed by atoms with E-state index in [-0.39, 0.29) is 17.4 Å². The topological polar surface area (TPSA) is 70.3 Å². The molecular formula is C11H7Cl2NO3. The zero-order valence-corrected chi connectivity index (χ0v) is 10.00. The van der Waals surface area contributed by atoms with Gasteiger partial charge in [0.25, 0.3) is 0 Å². The summed E-state index contributed by atoms with van der Waals surface area (Å²) < 4.78 is 5.11. The smallest absolute Gasteiger partial charge is 0.328 e. The monoisotopic (exact) mass is 271 g/mol. The van der Waals surface area contributed by atoms with Crippen LogP contribution in [-0.2, 0) is 4.79 Å². The molecule has 0 aromatic heterocycles. The van der Waals surface area contributed by atoms with Gasteiger partial charge in [0, 0.05) is 16.7 Å². The molecule has 0 bridgehead atoms. The Bertz CT molecular complexity index is 506. The number of rotatable bonds is 4. The maximum absolute atomic E-state index is 10.4. The van der Waals surface area contributed by atoms with Gasteiger partial charge in [0.1, 0.15) is 11.8 Å². The van der Waals surface area contributed by atoms with E-state index in [9.17, 15) is 4.79 Å². The predicted octanol–water partition coefficient (Wildman–Crippen LogP) is 2.99. The molecule has 0 fully saturated rings. The second kappa shape index (κ2) is 6.14. The summed E-state index contributed by atoms with van der Waals surface area (Å²) in [4.78, 5) is 10.4. The maximum atomic E-state index is 10.4. The van der Waals surface area contributed by atoms with Crippen molar-refractivity contribution in [2.75, 3.05) is 6.61 Å². The van der Waals surface area contributed by atoms with Gasteiger partial charge in [-0.25, -0.2) is 4.79 Å². The minimum Gasteiger partial charge on any atom is -0.478 e. The summed E-state index contributed by atoms with van der Waals surface area (Å²) in [6, 6.07) is 4.75. The molecule has 0 spiro atoms. The van der Waals surface area contributed by atoms with Gasteiger partial charge in [-0.15, -0.1) is 0 Å². The highest BCUT2D eigenvalue weighted by Gasteiger charge is 2.09. The molecule has 0 saturated carbocycles. The quantitative estimate of drug-likeness (QED) is 0.855. The first-order chi connectivity index (χ1) is 8.04. The van der Waals surface area contributed by atoms with E-state index in [1.807, 2.05) is 0 Å². The van der Waals surface area contributed by atoms with E-state index in [2.05, 4.69) is 0 Å². The summed E-state index contributed by atoms with van der Waals surface area (Å²) in [5.41, 5.74) is 0.403. The van der Waals surface area contributed by atoms with E-state index >= 15 is 0 Å². The Morgan fingerprint density at radius 2 is 2.24 bits per heavy atom. The third kappa shape index (κ3) is 3.99. The molecule has 0 aliphatic rings. The van der Waals surface area contributed by atoms with Gasteiger partial charge in [0.2, 0.25) is 0 Å². The molecule has 17 heavy (non-hydrogen) atoms. The Morgan fingerprint density at radius 3 is 2.82 bits per heavy atom. The van der Waals surface area contributed by atoms with Crippen LogP contribution in [0.5, 0.6) is 5.75 Å². The SMILES string of the molecule is N#CCOc1c(Cl)cc(Cl)cc1/C=C/C(=O)O. The van der Waals surface area contributed by atoms with Gasteiger partial charge in [-0.2, -0.15) is 5.26 Å². The molecule has 0 radical (unpaired) electrons. The third-order valence-corrected chi connectivity index (χ3v) is 2.22. The number of nitriles is 1. The number of carboxylic acid groups (broad SMARTS) is 1. The molecule has 0 amide bonds. The van der Waals surface area contributed by atoms with E-state index < -0.39 is 5.97 Å². The fourth-order valence-electron chi connectivity index (χ4n) is 1.12. The van der Waals surface area contributed by atoms with Crippen LogP contribution in [-0.4, -0.2) is 17.7 Å². The van der Waals surface area contributed by atoms with Gasteiger partial charge >= 0.3 is 5.97 Å². The second-order valence-corrected chi connectivity index (χ2v) is 3.77. The molecule has 0 saturated heterocycles. The molecule has 0 aliphatic carbocycles. The lowest BCUT2D eigenvalue weighted by atomic mass is 10.2. The van der Waals surface area contributed by atoms with Gasteiger partial charge in [-0.3, -0.25) is 0 Å². The summed E-state index contributed by atoms with van der Waals surface area (Å²) in [7, 11) is 0. The fourth-order valence-corrected chi connectivity index (χ4v) is 1.69. The van der Waals surface area contributed by atoms with Crippen molar-refractivity contribution in [3.63, 3.8) is 0 Å². The van der Waals surface area contributed by atoms with Crippen LogP contribution in [0.1, 0.15) is 5.56 Å². The van der Waals surface area contributed by atoms with E-state index in [4.69, 9.17) is 38.3 Å². The number of hydrogen-bond acceptors (Lipinski definition) is 3. The highest BCUT2D eigenvalue weighted by atomic mass is 35.5. The van der Waals surface area contributed by atoms with E-state index in [1.54, 1.807) is 6.07 Å². The first-order valence-electron chi connectivity index (χ1n) is 4.44. The lowest BCUT2D eigenvalue weighted by Gasteiger charge is -2.08. The predicted molar refractivity (Wildman–Crippen MR) is 64.2 cm³/mol. The Balaban J connectivity index is 3.16. The lowest BCUT2D eigenvalue weighted by Crippen LogP contribution is -1.97. The van der Waals surface area contributed by atoms with E-state index in [0.717, 1.165) is 6.08 Å². The Morgan fingerprint density at radius 1 is 1.53 bits per heavy atom. The molecule has 88 valence electrons. The number of carbonyl (C=O) groups is 1. The highest BCUT2D eigenvalue weighted by molar-refractivity contribution is 6.35. The molecule has 1 N–H and O–H groups in total. The van der Waals surface area contributed by atoms with Gasteiger partial charge in [0.15, 0.2) is 6.61 Å². The zero-order valence-electron chi connectivity index (χ0n) is 8.48. The first-order valence-corrected chi connectivity index (χ1v) is 5.20. The van der Waals surface area contributed by atoms with Crippen LogP contribution in [0.15, 0.2) is 18.2 Å². The molecule has 0 aliphatic heterocycles. The van der Waals surface area contributed by atoms with E-state index in [1.165, 1.54) is 18.2 Å². The number of carboxylic acids is 1. The molecule has 0 atom stereocenters. The normalized spacial score (nSPS) is 10.2. The van der Waals surface area contributed by atoms with Crippen LogP contribution in [0, 0.1) is 11.3 Å². The Kier molecular flexibility index (Phi) is 4.83. The van der Waals surface area contributed by atoms with Gasteiger partial charge < -0.3 is 9.84 Å². The summed E-state index contributed by atoms with van der Waals surface area (Å²) in [5.74, 6) is -0.873. The molecule has 1 aromatic carbocycles. The number of benzene rings is 1. The minimum absolute atomic E-state index is 0.185. The van der Waals surface area contributed by atoms with Crippen molar-refractivity contribution in [2.45, 2.75) is 0 Å². The molecule has 1 aromatic rings. The van der Waals surface area contributed by atoms with Crippen molar-refractivity contribution in [1.82, 2.24) is 0 Å². The Labute approximate surface area is 108 Å². The minimum atomic E-state index is -1.10. The number of aliphatic carboxylic acids is 1. The van der Waals surface area contributed by atoms with Crippen LogP contribution in [0.2, 0.25) is 10.0 Å². The van der Waals surface area contributed by atoms with Crippen LogP contribution < -0.4 is 4.74 Å². The Hall–Kier alpha value is -1.70. The van der Waals surface area contributed by atoms with Gasteiger partial charge in [-0.1, -0.05) is 23.2 Å². The molecule has 4 nitrogen and oxygen atoms in total. The van der Waals surface area contributed by atoms with E-state index in [0.29, 0.717) is 10.6 Å². The van der Waals surface area contributed by atoms with Gasteiger partial charge in [0.05, 0.1) is 5.02 Å². The fraction of sp³-hybridized carbons (Fsp3) is 0.0909. The van der Waals surface area contributed by atoms with Crippen molar-refractivity contribution in [3.05, 3.63) is 33.8 Å². The number of nitrogens with zero attached hydrogens (tertiary/aromatic N) is 1. The highest BCUT2D eigenvalue weighted by Crippen LogP contribution is 2.33.